The highest BCUT2D eigenvalue weighted by atomic mass is 16.3. The van der Waals surface area contributed by atoms with Gasteiger partial charge in [0.25, 0.3) is 0 Å². The van der Waals surface area contributed by atoms with Gasteiger partial charge in [0, 0.05) is 19.3 Å². The van der Waals surface area contributed by atoms with Crippen LogP contribution in [0, 0.1) is 0 Å². The van der Waals surface area contributed by atoms with Crippen molar-refractivity contribution in [2.75, 3.05) is 6.61 Å². The van der Waals surface area contributed by atoms with Crippen LogP contribution in [-0.4, -0.2) is 29.4 Å². The molecule has 0 aliphatic carbocycles. The molecule has 0 aromatic heterocycles. The largest absolute Gasteiger partial charge is 0.394 e. The molecule has 0 spiro atoms. The molecule has 1 atom stereocenters. The van der Waals surface area contributed by atoms with Crippen LogP contribution in [0.3, 0.4) is 0 Å². The van der Waals surface area contributed by atoms with Crippen molar-refractivity contribution in [2.24, 2.45) is 0 Å². The van der Waals surface area contributed by atoms with Crippen LogP contribution >= 0.6 is 0 Å². The maximum absolute atomic E-state index is 12.4. The first-order valence-electron chi connectivity index (χ1n) is 25.2. The molecule has 0 radical (unpaired) electrons. The summed E-state index contributed by atoms with van der Waals surface area (Å²) in [6, 6.07) is -0.0701. The Morgan fingerprint density at radius 2 is 0.691 bits per heavy atom. The van der Waals surface area contributed by atoms with E-state index in [1.807, 2.05) is 0 Å². The van der Waals surface area contributed by atoms with Crippen LogP contribution in [0.15, 0.2) is 12.2 Å². The van der Waals surface area contributed by atoms with Gasteiger partial charge in [0.1, 0.15) is 5.78 Å². The van der Waals surface area contributed by atoms with Crippen LogP contribution in [0.2, 0.25) is 0 Å². The van der Waals surface area contributed by atoms with Gasteiger partial charge in [-0.15, -0.1) is 0 Å². The van der Waals surface area contributed by atoms with E-state index in [1.165, 1.54) is 218 Å². The fourth-order valence-corrected chi connectivity index (χ4v) is 7.99. The normalized spacial score (nSPS) is 12.2. The zero-order valence-corrected chi connectivity index (χ0v) is 37.6. The maximum Gasteiger partial charge on any atom is 0.220 e. The third kappa shape index (κ3) is 45.4. The molecule has 0 heterocycles. The van der Waals surface area contributed by atoms with Gasteiger partial charge in [-0.05, 0) is 51.4 Å². The first-order chi connectivity index (χ1) is 27.1. The van der Waals surface area contributed by atoms with Crippen LogP contribution in [0.25, 0.3) is 0 Å². The molecule has 0 bridgehead atoms. The molecular formula is C51H99NO3. The average molecular weight is 774 g/mol. The number of ketones is 1. The van der Waals surface area contributed by atoms with E-state index in [0.29, 0.717) is 12.2 Å². The molecule has 0 aliphatic rings. The summed E-state index contributed by atoms with van der Waals surface area (Å²) < 4.78 is 0. The summed E-state index contributed by atoms with van der Waals surface area (Å²) in [5.74, 6) is 0.607. The lowest BCUT2D eigenvalue weighted by Crippen LogP contribution is -2.37. The number of amides is 1. The van der Waals surface area contributed by atoms with E-state index < -0.39 is 0 Å². The van der Waals surface area contributed by atoms with Crippen molar-refractivity contribution in [1.29, 1.82) is 0 Å². The average Bonchev–Trinajstić information content (AvgIpc) is 3.19. The van der Waals surface area contributed by atoms with Crippen molar-refractivity contribution in [3.8, 4) is 0 Å². The van der Waals surface area contributed by atoms with E-state index >= 15 is 0 Å². The van der Waals surface area contributed by atoms with E-state index in [-0.39, 0.29) is 18.6 Å². The molecule has 55 heavy (non-hydrogen) atoms. The summed E-state index contributed by atoms with van der Waals surface area (Å²) in [7, 11) is 0. The van der Waals surface area contributed by atoms with Crippen molar-refractivity contribution in [3.05, 3.63) is 12.2 Å². The number of carbonyl (C=O) groups is 2. The number of aliphatic hydroxyl groups excluding tert-OH is 1. The number of aliphatic hydroxyl groups is 1. The van der Waals surface area contributed by atoms with Gasteiger partial charge >= 0.3 is 0 Å². The molecule has 326 valence electrons. The predicted octanol–water partition coefficient (Wildman–Crippen LogP) is 16.4. The third-order valence-corrected chi connectivity index (χ3v) is 11.8. The molecule has 2 N–H and O–H groups in total. The molecule has 4 heteroatoms. The van der Waals surface area contributed by atoms with Crippen LogP contribution < -0.4 is 5.32 Å². The highest BCUT2D eigenvalue weighted by molar-refractivity contribution is 5.78. The second-order valence-corrected chi connectivity index (χ2v) is 17.4. The minimum absolute atomic E-state index is 0.0577. The third-order valence-electron chi connectivity index (χ3n) is 11.8. The van der Waals surface area contributed by atoms with E-state index in [9.17, 15) is 14.7 Å². The molecule has 0 aromatic carbocycles. The molecule has 0 aliphatic heterocycles. The molecule has 0 rings (SSSR count). The van der Waals surface area contributed by atoms with E-state index in [1.54, 1.807) is 0 Å². The number of Topliss-reactive ketones (excluding diaryl/α,β-unsaturated/α-hetero) is 1. The van der Waals surface area contributed by atoms with Gasteiger partial charge in [-0.2, -0.15) is 0 Å². The van der Waals surface area contributed by atoms with Gasteiger partial charge in [-0.3, -0.25) is 9.59 Å². The van der Waals surface area contributed by atoms with Crippen LogP contribution in [-0.2, 0) is 9.59 Å². The van der Waals surface area contributed by atoms with E-state index in [2.05, 4.69) is 31.3 Å². The molecule has 1 amide bonds. The van der Waals surface area contributed by atoms with Crippen LogP contribution in [0.4, 0.5) is 0 Å². The number of carbonyl (C=O) groups excluding carboxylic acids is 2. The minimum atomic E-state index is -0.0701. The predicted molar refractivity (Wildman–Crippen MR) is 243 cm³/mol. The Balaban J connectivity index is 3.39. The number of rotatable bonds is 47. The Hall–Kier alpha value is -1.16. The number of unbranched alkanes of at least 4 members (excludes halogenated alkanes) is 35. The monoisotopic (exact) mass is 774 g/mol. The fraction of sp³-hybridized carbons (Fsp3) is 0.922. The van der Waals surface area contributed by atoms with Crippen molar-refractivity contribution >= 4 is 11.7 Å². The molecule has 0 unspecified atom stereocenters. The topological polar surface area (TPSA) is 66.4 Å². The Bertz CT molecular complexity index is 795. The van der Waals surface area contributed by atoms with E-state index in [4.69, 9.17) is 0 Å². The van der Waals surface area contributed by atoms with Crippen LogP contribution in [0.1, 0.15) is 290 Å². The minimum Gasteiger partial charge on any atom is -0.394 e. The number of hydrogen-bond acceptors (Lipinski definition) is 3. The van der Waals surface area contributed by atoms with E-state index in [0.717, 1.165) is 51.4 Å². The Kier molecular flexibility index (Phi) is 46.2. The number of nitrogens with one attached hydrogen (secondary N) is 1. The summed E-state index contributed by atoms with van der Waals surface area (Å²) in [5.41, 5.74) is 0. The smallest absolute Gasteiger partial charge is 0.220 e. The maximum atomic E-state index is 12.4. The van der Waals surface area contributed by atoms with Gasteiger partial charge in [-0.25, -0.2) is 0 Å². The Morgan fingerprint density at radius 3 is 1.04 bits per heavy atom. The fourth-order valence-electron chi connectivity index (χ4n) is 7.99. The Morgan fingerprint density at radius 1 is 0.400 bits per heavy atom. The molecule has 0 fully saturated rings. The highest BCUT2D eigenvalue weighted by Crippen LogP contribution is 2.16. The molecule has 0 saturated carbocycles. The number of hydrogen-bond donors (Lipinski definition) is 2. The summed E-state index contributed by atoms with van der Waals surface area (Å²) in [6.45, 7) is 4.62. The van der Waals surface area contributed by atoms with Crippen molar-refractivity contribution < 1.29 is 14.7 Å². The lowest BCUT2D eigenvalue weighted by molar-refractivity contribution is -0.122. The van der Waals surface area contributed by atoms with Gasteiger partial charge in [0.2, 0.25) is 5.91 Å². The molecule has 0 saturated heterocycles. The highest BCUT2D eigenvalue weighted by Gasteiger charge is 2.11. The Labute approximate surface area is 345 Å². The van der Waals surface area contributed by atoms with Crippen molar-refractivity contribution in [2.45, 2.75) is 296 Å². The first kappa shape index (κ1) is 53.8. The van der Waals surface area contributed by atoms with Crippen molar-refractivity contribution in [1.82, 2.24) is 5.32 Å². The molecule has 4 nitrogen and oxygen atoms in total. The SMILES string of the molecule is CCCCCCCCC=CCCCCCCCC(=O)CCCCCCCCCCCCCCC(=O)N[C@H](CO)CCCCCCCCCCCCCCCC. The summed E-state index contributed by atoms with van der Waals surface area (Å²) in [6.07, 6.45) is 58.5. The lowest BCUT2D eigenvalue weighted by atomic mass is 10.0. The van der Waals surface area contributed by atoms with Gasteiger partial charge in [-0.1, -0.05) is 231 Å². The standard InChI is InChI=1S/C51H99NO3/c1-3-5-7-9-11-13-15-17-19-21-25-29-33-37-41-45-50(54)46-42-38-34-30-26-22-23-27-31-35-39-43-47-51(55)52-49(48-53)44-40-36-32-28-24-20-18-16-14-12-10-8-6-4-2/h17,19,49,53H,3-16,18,20-48H2,1-2H3,(H,52,55)/t49-/m0/s1. The summed E-state index contributed by atoms with van der Waals surface area (Å²) >= 11 is 0. The van der Waals surface area contributed by atoms with Gasteiger partial charge in [0.05, 0.1) is 12.6 Å². The summed E-state index contributed by atoms with van der Waals surface area (Å²) in [5, 5.41) is 12.8. The molecule has 0 aromatic rings. The second-order valence-electron chi connectivity index (χ2n) is 17.4. The zero-order valence-electron chi connectivity index (χ0n) is 37.6. The zero-order chi connectivity index (χ0) is 40.0. The van der Waals surface area contributed by atoms with Crippen molar-refractivity contribution in [3.63, 3.8) is 0 Å². The number of allylic oxidation sites excluding steroid dienone is 2. The van der Waals surface area contributed by atoms with Gasteiger partial charge in [0.15, 0.2) is 0 Å². The van der Waals surface area contributed by atoms with Gasteiger partial charge < -0.3 is 10.4 Å². The van der Waals surface area contributed by atoms with Crippen LogP contribution in [0.5, 0.6) is 0 Å². The first-order valence-corrected chi connectivity index (χ1v) is 25.2. The lowest BCUT2D eigenvalue weighted by Gasteiger charge is -2.16. The second kappa shape index (κ2) is 47.2. The quantitative estimate of drug-likeness (QED) is 0.0478. The summed E-state index contributed by atoms with van der Waals surface area (Å²) in [4.78, 5) is 24.6. The molecular weight excluding hydrogens is 675 g/mol.